The SMILES string of the molecule is CCCCCCCCC[C@@H]1O[C@H]1/C=C/C(=O)[C@]1(O)C(=O)N[C@@H](CO)[13C@@H]1[18OH]. The summed E-state index contributed by atoms with van der Waals surface area (Å²) in [5.41, 5.74) is -2.55. The number of rotatable bonds is 12. The molecule has 148 valence electrons. The molecule has 5 atom stereocenters. The summed E-state index contributed by atoms with van der Waals surface area (Å²) in [7, 11) is 0. The molecule has 0 unspecified atom stereocenters. The van der Waals surface area contributed by atoms with Crippen molar-refractivity contribution in [3.05, 3.63) is 12.2 Å². The molecular weight excluding hydrogens is 341 g/mol. The van der Waals surface area contributed by atoms with Gasteiger partial charge in [-0.2, -0.15) is 0 Å². The summed E-state index contributed by atoms with van der Waals surface area (Å²) in [5, 5.41) is 31.4. The first-order chi connectivity index (χ1) is 12.4. The highest BCUT2D eigenvalue weighted by Gasteiger charge is 2.58. The van der Waals surface area contributed by atoms with Crippen LogP contribution in [0.15, 0.2) is 12.2 Å². The van der Waals surface area contributed by atoms with Gasteiger partial charge in [-0.25, -0.2) is 0 Å². The fourth-order valence-corrected chi connectivity index (χ4v) is 3.36. The van der Waals surface area contributed by atoms with E-state index in [2.05, 4.69) is 12.2 Å². The molecular formula is C19H31NO6. The first-order valence-electron chi connectivity index (χ1n) is 9.65. The molecule has 0 aromatic heterocycles. The molecule has 26 heavy (non-hydrogen) atoms. The molecule has 7 heteroatoms. The Kier molecular flexibility index (Phi) is 7.76. The Labute approximate surface area is 154 Å². The van der Waals surface area contributed by atoms with Crippen molar-refractivity contribution in [2.75, 3.05) is 6.61 Å². The van der Waals surface area contributed by atoms with Crippen LogP contribution in [0, 0.1) is 0 Å². The number of epoxide rings is 1. The highest BCUT2D eigenvalue weighted by atomic mass is 18.2. The van der Waals surface area contributed by atoms with Crippen molar-refractivity contribution in [3.63, 3.8) is 0 Å². The molecule has 0 aromatic rings. The van der Waals surface area contributed by atoms with E-state index in [0.717, 1.165) is 18.9 Å². The predicted molar refractivity (Wildman–Crippen MR) is 95.4 cm³/mol. The molecule has 1 amide bonds. The van der Waals surface area contributed by atoms with Crippen molar-refractivity contribution < 1.29 is 29.6 Å². The number of ketones is 1. The van der Waals surface area contributed by atoms with Crippen molar-refractivity contribution in [1.29, 1.82) is 0 Å². The van der Waals surface area contributed by atoms with E-state index in [1.807, 2.05) is 0 Å². The second-order valence-electron chi connectivity index (χ2n) is 7.25. The van der Waals surface area contributed by atoms with Crippen LogP contribution in [0.25, 0.3) is 0 Å². The topological polar surface area (TPSA) is 119 Å². The van der Waals surface area contributed by atoms with Crippen LogP contribution >= 0.6 is 0 Å². The number of amides is 1. The lowest BCUT2D eigenvalue weighted by Gasteiger charge is -2.21. The second-order valence-corrected chi connectivity index (χ2v) is 7.25. The molecule has 2 aliphatic rings. The van der Waals surface area contributed by atoms with E-state index in [1.165, 1.54) is 44.6 Å². The summed E-state index contributed by atoms with van der Waals surface area (Å²) in [4.78, 5) is 24.0. The molecule has 2 saturated heterocycles. The van der Waals surface area contributed by atoms with Crippen molar-refractivity contribution >= 4 is 11.7 Å². The maximum absolute atomic E-state index is 12.2. The van der Waals surface area contributed by atoms with Gasteiger partial charge in [-0.3, -0.25) is 9.59 Å². The summed E-state index contributed by atoms with van der Waals surface area (Å²) in [6.45, 7) is 1.64. The lowest BCUT2D eigenvalue weighted by atomic mass is 10.0. The van der Waals surface area contributed by atoms with Crippen LogP contribution in [0.4, 0.5) is 0 Å². The normalized spacial score (nSPS) is 33.6. The van der Waals surface area contributed by atoms with Gasteiger partial charge in [-0.15, -0.1) is 0 Å². The number of aliphatic hydroxyl groups is 3. The van der Waals surface area contributed by atoms with E-state index >= 15 is 0 Å². The first kappa shape index (κ1) is 21.0. The van der Waals surface area contributed by atoms with E-state index in [4.69, 9.17) is 9.84 Å². The number of aliphatic hydroxyl groups excluding tert-OH is 2. The maximum atomic E-state index is 12.2. The second kappa shape index (κ2) is 9.60. The van der Waals surface area contributed by atoms with E-state index in [-0.39, 0.29) is 12.2 Å². The number of ether oxygens (including phenoxy) is 1. The van der Waals surface area contributed by atoms with Crippen molar-refractivity contribution in [2.45, 2.75) is 88.2 Å². The predicted octanol–water partition coefficient (Wildman–Crippen LogP) is 0.602. The molecule has 4 N–H and O–H groups in total. The third kappa shape index (κ3) is 4.91. The molecule has 0 spiro atoms. The lowest BCUT2D eigenvalue weighted by molar-refractivity contribution is -0.154. The van der Waals surface area contributed by atoms with Crippen LogP contribution in [0.5, 0.6) is 0 Å². The van der Waals surface area contributed by atoms with Gasteiger partial charge in [0.25, 0.3) is 5.91 Å². The zero-order chi connectivity index (χ0) is 19.2. The minimum Gasteiger partial charge on any atom is -0.394 e. The van der Waals surface area contributed by atoms with Crippen LogP contribution in [0.3, 0.4) is 0 Å². The largest absolute Gasteiger partial charge is 0.394 e. The molecule has 2 rings (SSSR count). The molecule has 0 bridgehead atoms. The van der Waals surface area contributed by atoms with E-state index < -0.39 is 36.0 Å². The maximum Gasteiger partial charge on any atom is 0.263 e. The Morgan fingerprint density at radius 1 is 1.27 bits per heavy atom. The van der Waals surface area contributed by atoms with Gasteiger partial charge in [0.15, 0.2) is 5.78 Å². The van der Waals surface area contributed by atoms with Crippen molar-refractivity contribution in [2.24, 2.45) is 0 Å². The van der Waals surface area contributed by atoms with Gasteiger partial charge >= 0.3 is 0 Å². The fraction of sp³-hybridized carbons (Fsp3) is 0.789. The highest BCUT2D eigenvalue weighted by molar-refractivity contribution is 6.16. The summed E-state index contributed by atoms with van der Waals surface area (Å²) < 4.78 is 5.48. The zero-order valence-corrected chi connectivity index (χ0v) is 15.4. The molecule has 0 radical (unpaired) electrons. The van der Waals surface area contributed by atoms with Gasteiger partial charge in [0, 0.05) is 0 Å². The molecule has 2 heterocycles. The quantitative estimate of drug-likeness (QED) is 0.0995. The monoisotopic (exact) mass is 372 g/mol. The van der Waals surface area contributed by atoms with Gasteiger partial charge in [-0.1, -0.05) is 51.9 Å². The third-order valence-corrected chi connectivity index (χ3v) is 5.20. The van der Waals surface area contributed by atoms with Gasteiger partial charge in [0.2, 0.25) is 5.60 Å². The highest BCUT2D eigenvalue weighted by Crippen LogP contribution is 2.30. The zero-order valence-electron chi connectivity index (χ0n) is 15.4. The Morgan fingerprint density at radius 3 is 2.54 bits per heavy atom. The minimum atomic E-state index is -2.55. The van der Waals surface area contributed by atoms with Crippen LogP contribution in [0.1, 0.15) is 58.3 Å². The number of carbonyl (C=O) groups is 2. The fourth-order valence-electron chi connectivity index (χ4n) is 3.36. The molecule has 0 aromatic carbocycles. The van der Waals surface area contributed by atoms with Crippen LogP contribution in [-0.2, 0) is 14.3 Å². The number of carbonyl (C=O) groups excluding carboxylic acids is 2. The number of hydrogen-bond donors (Lipinski definition) is 4. The van der Waals surface area contributed by atoms with E-state index in [9.17, 15) is 19.8 Å². The Hall–Kier alpha value is -1.28. The minimum absolute atomic E-state index is 0.0804. The standard InChI is InChI=1S/C19H31NO6/c1-2-3-4-5-6-7-8-9-14-15(26-14)10-11-16(22)19(25)17(23)13(12-21)20-18(19)24/h10-11,13-15,17,21,23,25H,2-9,12H2,1H3,(H,20,24)/b11-10+/t13-,14-,15-,17-,19+/m0/s1/i17+1,23+2. The number of nitrogens with one attached hydrogen (secondary N) is 1. The van der Waals surface area contributed by atoms with Crippen LogP contribution < -0.4 is 5.32 Å². The van der Waals surface area contributed by atoms with Crippen LogP contribution in [0.2, 0.25) is 0 Å². The van der Waals surface area contributed by atoms with Crippen molar-refractivity contribution in [1.82, 2.24) is 5.32 Å². The molecule has 2 aliphatic heterocycles. The number of unbranched alkanes of at least 4 members (excludes halogenated alkanes) is 6. The molecule has 2 fully saturated rings. The van der Waals surface area contributed by atoms with Crippen LogP contribution in [-0.4, -0.2) is 63.6 Å². The summed E-state index contributed by atoms with van der Waals surface area (Å²) in [5.74, 6) is -1.89. The van der Waals surface area contributed by atoms with E-state index in [1.54, 1.807) is 0 Å². The summed E-state index contributed by atoms with van der Waals surface area (Å²) in [6, 6.07) is -1.05. The number of hydrogen-bond acceptors (Lipinski definition) is 6. The van der Waals surface area contributed by atoms with E-state index in [0.29, 0.717) is 0 Å². The Bertz CT molecular complexity index is 522. The molecule has 0 saturated carbocycles. The van der Waals surface area contributed by atoms with Gasteiger partial charge < -0.3 is 25.4 Å². The van der Waals surface area contributed by atoms with Gasteiger partial charge in [-0.05, 0) is 18.6 Å². The summed E-state index contributed by atoms with van der Waals surface area (Å²) >= 11 is 0. The molecule has 7 nitrogen and oxygen atoms in total. The Morgan fingerprint density at radius 2 is 1.92 bits per heavy atom. The molecule has 0 aliphatic carbocycles. The average molecular weight is 372 g/mol. The Balaban J connectivity index is 1.69. The average Bonchev–Trinajstić information content (AvgIpc) is 3.35. The first-order valence-corrected chi connectivity index (χ1v) is 9.65. The lowest BCUT2D eigenvalue weighted by Crippen LogP contribution is -2.52. The van der Waals surface area contributed by atoms with Gasteiger partial charge in [0.1, 0.15) is 12.2 Å². The van der Waals surface area contributed by atoms with Crippen molar-refractivity contribution in [3.8, 4) is 0 Å². The summed E-state index contributed by atoms with van der Waals surface area (Å²) in [6.07, 6.45) is 10.4. The van der Waals surface area contributed by atoms with Gasteiger partial charge in [0.05, 0.1) is 18.8 Å². The third-order valence-electron chi connectivity index (χ3n) is 5.20. The smallest absolute Gasteiger partial charge is 0.263 e.